The summed E-state index contributed by atoms with van der Waals surface area (Å²) in [7, 11) is 0. The van der Waals surface area contributed by atoms with Crippen molar-refractivity contribution >= 4 is 23.7 Å². The minimum absolute atomic E-state index is 0.222. The molecule has 1 unspecified atom stereocenters. The van der Waals surface area contributed by atoms with Crippen LogP contribution in [0.4, 0.5) is 0 Å². The van der Waals surface area contributed by atoms with Crippen LogP contribution in [0.3, 0.4) is 0 Å². The molecule has 0 aromatic heterocycles. The first-order valence-electron chi connectivity index (χ1n) is 6.12. The third-order valence-corrected chi connectivity index (χ3v) is 3.07. The van der Waals surface area contributed by atoms with E-state index in [9.17, 15) is 9.59 Å². The molecular formula is C12H24O6S. The van der Waals surface area contributed by atoms with Crippen molar-refractivity contribution in [3.8, 4) is 0 Å². The highest BCUT2D eigenvalue weighted by Gasteiger charge is 2.31. The number of hydrogen-bond acceptors (Lipinski definition) is 5. The Bertz CT molecular complexity index is 263. The molecule has 2 N–H and O–H groups in total. The van der Waals surface area contributed by atoms with Gasteiger partial charge < -0.3 is 19.7 Å². The lowest BCUT2D eigenvalue weighted by molar-refractivity contribution is -0.154. The van der Waals surface area contributed by atoms with E-state index >= 15 is 0 Å². The van der Waals surface area contributed by atoms with Crippen molar-refractivity contribution in [2.24, 2.45) is 0 Å². The summed E-state index contributed by atoms with van der Waals surface area (Å²) in [5.74, 6) is -1.61. The molecule has 0 aliphatic carbocycles. The molecule has 0 fully saturated rings. The highest BCUT2D eigenvalue weighted by atomic mass is 32.2. The third kappa shape index (κ3) is 12.0. The average Bonchev–Trinajstić information content (AvgIpc) is 2.29. The van der Waals surface area contributed by atoms with Gasteiger partial charge in [0, 0.05) is 26.6 Å². The van der Waals surface area contributed by atoms with E-state index in [0.29, 0.717) is 13.2 Å². The largest absolute Gasteiger partial charge is 0.481 e. The van der Waals surface area contributed by atoms with E-state index in [1.807, 2.05) is 13.8 Å². The first-order valence-corrected chi connectivity index (χ1v) is 7.00. The second kappa shape index (κ2) is 11.1. The Hall–Kier alpha value is -0.790. The van der Waals surface area contributed by atoms with Gasteiger partial charge in [0.25, 0.3) is 0 Å². The van der Waals surface area contributed by atoms with Gasteiger partial charge in [0.15, 0.2) is 0 Å². The van der Waals surface area contributed by atoms with Crippen LogP contribution in [0.1, 0.15) is 41.0 Å². The zero-order valence-electron chi connectivity index (χ0n) is 12.1. The van der Waals surface area contributed by atoms with E-state index in [0.717, 1.165) is 11.8 Å². The first-order chi connectivity index (χ1) is 8.72. The molecule has 0 aliphatic heterocycles. The molecule has 0 amide bonds. The van der Waals surface area contributed by atoms with Crippen molar-refractivity contribution < 1.29 is 29.3 Å². The van der Waals surface area contributed by atoms with E-state index in [2.05, 4.69) is 0 Å². The van der Waals surface area contributed by atoms with Crippen LogP contribution in [0.5, 0.6) is 0 Å². The van der Waals surface area contributed by atoms with Crippen molar-refractivity contribution in [3.63, 3.8) is 0 Å². The van der Waals surface area contributed by atoms with Crippen LogP contribution in [0, 0.1) is 0 Å². The molecule has 1 atom stereocenters. The van der Waals surface area contributed by atoms with E-state index < -0.39 is 22.3 Å². The van der Waals surface area contributed by atoms with E-state index in [1.165, 1.54) is 0 Å². The summed E-state index contributed by atoms with van der Waals surface area (Å²) in [6.45, 7) is 9.65. The fourth-order valence-electron chi connectivity index (χ4n) is 1.01. The number of thioether (sulfide) groups is 1. The summed E-state index contributed by atoms with van der Waals surface area (Å²) in [6, 6.07) is 0. The molecule has 19 heavy (non-hydrogen) atoms. The maximum atomic E-state index is 10.7. The highest BCUT2D eigenvalue weighted by Crippen LogP contribution is 2.31. The Morgan fingerprint density at radius 2 is 1.53 bits per heavy atom. The average molecular weight is 296 g/mol. The fourth-order valence-corrected chi connectivity index (χ4v) is 2.12. The van der Waals surface area contributed by atoms with Gasteiger partial charge in [-0.1, -0.05) is 18.7 Å². The number of carboxylic acid groups (broad SMARTS) is 2. The monoisotopic (exact) mass is 296 g/mol. The lowest BCUT2D eigenvalue weighted by Crippen LogP contribution is -2.32. The zero-order chi connectivity index (χ0) is 15.5. The minimum atomic E-state index is -0.861. The van der Waals surface area contributed by atoms with Gasteiger partial charge in [-0.25, -0.2) is 0 Å². The number of ether oxygens (including phenoxy) is 2. The normalized spacial score (nSPS) is 12.3. The Morgan fingerprint density at radius 3 is 1.74 bits per heavy atom. The lowest BCUT2D eigenvalue weighted by Gasteiger charge is -2.29. The standard InChI is InChI=1S/C9H18O4S.C3H6O2/c1-5-12-9(4,13-6-2)14-7(3)8(10)11;1-2-3(4)5/h7H,5-6H2,1-4H3,(H,10,11);2H2,1H3,(H,4,5). The molecule has 0 saturated heterocycles. The van der Waals surface area contributed by atoms with Gasteiger partial charge in [-0.3, -0.25) is 9.59 Å². The van der Waals surface area contributed by atoms with Crippen molar-refractivity contribution in [2.45, 2.75) is 51.4 Å². The Kier molecular flexibility index (Phi) is 12.0. The van der Waals surface area contributed by atoms with E-state index in [-0.39, 0.29) is 6.42 Å². The molecule has 0 rings (SSSR count). The molecular weight excluding hydrogens is 272 g/mol. The summed E-state index contributed by atoms with van der Waals surface area (Å²) in [5.41, 5.74) is 0. The smallest absolute Gasteiger partial charge is 0.316 e. The predicted octanol–water partition coefficient (Wildman–Crippen LogP) is 2.42. The molecule has 0 spiro atoms. The predicted molar refractivity (Wildman–Crippen MR) is 74.3 cm³/mol. The molecule has 0 aromatic carbocycles. The summed E-state index contributed by atoms with van der Waals surface area (Å²) in [5, 5.41) is 15.1. The Morgan fingerprint density at radius 1 is 1.16 bits per heavy atom. The van der Waals surface area contributed by atoms with Crippen molar-refractivity contribution in [2.75, 3.05) is 13.2 Å². The van der Waals surface area contributed by atoms with Gasteiger partial charge in [-0.05, 0) is 20.8 Å². The molecule has 0 aliphatic rings. The summed E-state index contributed by atoms with van der Waals surface area (Å²) in [4.78, 5) is 20.0. The van der Waals surface area contributed by atoms with Crippen LogP contribution in [0.25, 0.3) is 0 Å². The van der Waals surface area contributed by atoms with E-state index in [1.54, 1.807) is 20.8 Å². The molecule has 6 nitrogen and oxygen atoms in total. The van der Waals surface area contributed by atoms with Gasteiger partial charge in [-0.15, -0.1) is 0 Å². The molecule has 7 heteroatoms. The third-order valence-electron chi connectivity index (χ3n) is 1.85. The molecule has 0 saturated carbocycles. The minimum Gasteiger partial charge on any atom is -0.481 e. The van der Waals surface area contributed by atoms with Gasteiger partial charge >= 0.3 is 11.9 Å². The summed E-state index contributed by atoms with van der Waals surface area (Å²) in [6.07, 6.45) is 0.222. The number of rotatable bonds is 8. The topological polar surface area (TPSA) is 93.1 Å². The molecule has 0 radical (unpaired) electrons. The summed E-state index contributed by atoms with van der Waals surface area (Å²) >= 11 is 1.16. The quantitative estimate of drug-likeness (QED) is 0.664. The molecule has 0 heterocycles. The number of carboxylic acids is 2. The van der Waals surface area contributed by atoms with Gasteiger partial charge in [0.2, 0.25) is 5.12 Å². The fraction of sp³-hybridized carbons (Fsp3) is 0.833. The second-order valence-electron chi connectivity index (χ2n) is 3.57. The van der Waals surface area contributed by atoms with Gasteiger partial charge in [-0.2, -0.15) is 0 Å². The van der Waals surface area contributed by atoms with Crippen molar-refractivity contribution in [3.05, 3.63) is 0 Å². The number of carbonyl (C=O) groups is 2. The SMILES string of the molecule is CCC(=O)O.CCOC(C)(OCC)SC(C)C(=O)O. The van der Waals surface area contributed by atoms with Gasteiger partial charge in [0.05, 0.1) is 0 Å². The second-order valence-corrected chi connectivity index (χ2v) is 5.26. The van der Waals surface area contributed by atoms with Crippen LogP contribution in [0.2, 0.25) is 0 Å². The highest BCUT2D eigenvalue weighted by molar-refractivity contribution is 8.01. The van der Waals surface area contributed by atoms with E-state index in [4.69, 9.17) is 19.7 Å². The number of aliphatic carboxylic acids is 2. The van der Waals surface area contributed by atoms with Crippen LogP contribution < -0.4 is 0 Å². The molecule has 0 bridgehead atoms. The Labute approximate surface area is 118 Å². The lowest BCUT2D eigenvalue weighted by atomic mass is 10.5. The maximum absolute atomic E-state index is 10.7. The molecule has 0 aromatic rings. The van der Waals surface area contributed by atoms with Crippen molar-refractivity contribution in [1.29, 1.82) is 0 Å². The zero-order valence-corrected chi connectivity index (χ0v) is 13.0. The summed E-state index contributed by atoms with van der Waals surface area (Å²) < 4.78 is 10.7. The van der Waals surface area contributed by atoms with Gasteiger partial charge in [0.1, 0.15) is 5.25 Å². The number of hydrogen-bond donors (Lipinski definition) is 2. The van der Waals surface area contributed by atoms with Crippen LogP contribution >= 0.6 is 11.8 Å². The Balaban J connectivity index is 0. The van der Waals surface area contributed by atoms with Crippen LogP contribution in [-0.4, -0.2) is 45.7 Å². The first kappa shape index (κ1) is 20.5. The molecule has 114 valence electrons. The van der Waals surface area contributed by atoms with Crippen LogP contribution in [0.15, 0.2) is 0 Å². The maximum Gasteiger partial charge on any atom is 0.316 e. The van der Waals surface area contributed by atoms with Crippen LogP contribution in [-0.2, 0) is 19.1 Å². The van der Waals surface area contributed by atoms with Crippen molar-refractivity contribution in [1.82, 2.24) is 0 Å².